The number of allylic oxidation sites excluding steroid dienone is 2. The molecule has 0 aromatic heterocycles. The lowest BCUT2D eigenvalue weighted by molar-refractivity contribution is 0.419. The van der Waals surface area contributed by atoms with Gasteiger partial charge in [-0.3, -0.25) is 0 Å². The number of nitriles is 2. The third kappa shape index (κ3) is 4.74. The summed E-state index contributed by atoms with van der Waals surface area (Å²) < 4.78 is 26.6. The van der Waals surface area contributed by atoms with Crippen LogP contribution in [0.2, 0.25) is 5.02 Å². The summed E-state index contributed by atoms with van der Waals surface area (Å²) in [4.78, 5) is 1.77. The van der Waals surface area contributed by atoms with Crippen LogP contribution in [0, 0.1) is 22.7 Å². The highest BCUT2D eigenvalue weighted by molar-refractivity contribution is 7.89. The molecule has 1 aromatic carbocycles. The molecule has 0 amide bonds. The standard InChI is InChI=1S/C14H15ClN4O2S/c1-11(12(9-16)10-17)19(2)8-7-18-22(20,21)14-5-3-13(15)4-6-14/h3-6,18H,7-8H2,1-2H3. The van der Waals surface area contributed by atoms with E-state index in [0.717, 1.165) is 0 Å². The van der Waals surface area contributed by atoms with Gasteiger partial charge in [0.1, 0.15) is 17.7 Å². The lowest BCUT2D eigenvalue weighted by Gasteiger charge is -2.20. The Kier molecular flexibility index (Phi) is 6.39. The van der Waals surface area contributed by atoms with E-state index < -0.39 is 10.0 Å². The Bertz CT molecular complexity index is 727. The van der Waals surface area contributed by atoms with E-state index in [2.05, 4.69) is 4.72 Å². The fourth-order valence-electron chi connectivity index (χ4n) is 1.59. The van der Waals surface area contributed by atoms with Gasteiger partial charge >= 0.3 is 0 Å². The van der Waals surface area contributed by atoms with Crippen molar-refractivity contribution in [1.29, 1.82) is 10.5 Å². The summed E-state index contributed by atoms with van der Waals surface area (Å²) in [6.45, 7) is 2.10. The van der Waals surface area contributed by atoms with Crippen LogP contribution in [-0.2, 0) is 10.0 Å². The smallest absolute Gasteiger partial charge is 0.240 e. The van der Waals surface area contributed by atoms with Gasteiger partial charge in [0.15, 0.2) is 0 Å². The maximum Gasteiger partial charge on any atom is 0.240 e. The summed E-state index contributed by atoms with van der Waals surface area (Å²) in [5, 5.41) is 18.0. The molecule has 116 valence electrons. The second-order valence-electron chi connectivity index (χ2n) is 4.46. The van der Waals surface area contributed by atoms with Crippen LogP contribution in [0.4, 0.5) is 0 Å². The van der Waals surface area contributed by atoms with Crippen molar-refractivity contribution < 1.29 is 8.42 Å². The van der Waals surface area contributed by atoms with E-state index in [1.807, 2.05) is 0 Å². The maximum atomic E-state index is 12.1. The van der Waals surface area contributed by atoms with Crippen molar-refractivity contribution in [2.75, 3.05) is 20.1 Å². The molecule has 6 nitrogen and oxygen atoms in total. The molecule has 0 aliphatic rings. The van der Waals surface area contributed by atoms with Crippen molar-refractivity contribution in [3.05, 3.63) is 40.6 Å². The van der Waals surface area contributed by atoms with Gasteiger partial charge in [0, 0.05) is 30.9 Å². The van der Waals surface area contributed by atoms with Crippen LogP contribution in [-0.4, -0.2) is 33.5 Å². The molecule has 0 saturated carbocycles. The minimum Gasteiger partial charge on any atom is -0.375 e. The molecule has 0 fully saturated rings. The summed E-state index contributed by atoms with van der Waals surface area (Å²) in [6.07, 6.45) is 0. The first kappa shape index (κ1) is 18.0. The predicted molar refractivity (Wildman–Crippen MR) is 83.2 cm³/mol. The Labute approximate surface area is 135 Å². The van der Waals surface area contributed by atoms with E-state index in [9.17, 15) is 8.42 Å². The fraction of sp³-hybridized carbons (Fsp3) is 0.286. The Balaban J connectivity index is 2.68. The molecule has 1 aromatic rings. The Morgan fingerprint density at radius 2 is 1.82 bits per heavy atom. The van der Waals surface area contributed by atoms with Crippen molar-refractivity contribution in [3.63, 3.8) is 0 Å². The topological polar surface area (TPSA) is 97.0 Å². The van der Waals surface area contributed by atoms with Gasteiger partial charge in [0.2, 0.25) is 10.0 Å². The molecule has 0 aliphatic heterocycles. The molecule has 0 radical (unpaired) electrons. The minimum absolute atomic E-state index is 0.00283. The molecular weight excluding hydrogens is 324 g/mol. The summed E-state index contributed by atoms with van der Waals surface area (Å²) in [7, 11) is -1.93. The van der Waals surface area contributed by atoms with Crippen molar-refractivity contribution in [2.24, 2.45) is 0 Å². The summed E-state index contributed by atoms with van der Waals surface area (Å²) in [5.41, 5.74) is 0.499. The number of rotatable bonds is 6. The zero-order valence-corrected chi connectivity index (χ0v) is 13.7. The predicted octanol–water partition coefficient (Wildman–Crippen LogP) is 1.87. The molecule has 0 spiro atoms. The molecular formula is C14H15ClN4O2S. The molecule has 0 bridgehead atoms. The Morgan fingerprint density at radius 3 is 2.32 bits per heavy atom. The molecule has 0 unspecified atom stereocenters. The average Bonchev–Trinajstić information content (AvgIpc) is 2.48. The second-order valence-corrected chi connectivity index (χ2v) is 6.66. The number of halogens is 1. The summed E-state index contributed by atoms with van der Waals surface area (Å²) in [6, 6.07) is 9.43. The number of sulfonamides is 1. The van der Waals surface area contributed by atoms with Crippen molar-refractivity contribution in [2.45, 2.75) is 11.8 Å². The van der Waals surface area contributed by atoms with Gasteiger partial charge in [-0.25, -0.2) is 13.1 Å². The highest BCUT2D eigenvalue weighted by Gasteiger charge is 2.14. The monoisotopic (exact) mass is 338 g/mol. The third-order valence-corrected chi connectivity index (χ3v) is 4.75. The maximum absolute atomic E-state index is 12.1. The van der Waals surface area contributed by atoms with Gasteiger partial charge in [-0.15, -0.1) is 0 Å². The molecule has 0 aliphatic carbocycles. The van der Waals surface area contributed by atoms with E-state index in [1.54, 1.807) is 31.0 Å². The molecule has 0 heterocycles. The van der Waals surface area contributed by atoms with Crippen LogP contribution < -0.4 is 4.72 Å². The van der Waals surface area contributed by atoms with Gasteiger partial charge in [0.25, 0.3) is 0 Å². The average molecular weight is 339 g/mol. The van der Waals surface area contributed by atoms with Gasteiger partial charge in [-0.2, -0.15) is 10.5 Å². The number of nitrogens with one attached hydrogen (secondary N) is 1. The highest BCUT2D eigenvalue weighted by atomic mass is 35.5. The summed E-state index contributed by atoms with van der Waals surface area (Å²) in [5.74, 6) is 0. The van der Waals surface area contributed by atoms with E-state index >= 15 is 0 Å². The van der Waals surface area contributed by atoms with Crippen LogP contribution in [0.1, 0.15) is 6.92 Å². The largest absolute Gasteiger partial charge is 0.375 e. The number of hydrogen-bond donors (Lipinski definition) is 1. The van der Waals surface area contributed by atoms with Crippen molar-refractivity contribution in [3.8, 4) is 12.1 Å². The molecule has 1 N–H and O–H groups in total. The van der Waals surface area contributed by atoms with Crippen LogP contribution in [0.25, 0.3) is 0 Å². The van der Waals surface area contributed by atoms with E-state index in [-0.39, 0.29) is 17.0 Å². The highest BCUT2D eigenvalue weighted by Crippen LogP contribution is 2.13. The number of benzene rings is 1. The lowest BCUT2D eigenvalue weighted by atomic mass is 10.2. The number of hydrogen-bond acceptors (Lipinski definition) is 5. The first-order valence-corrected chi connectivity index (χ1v) is 8.15. The van der Waals surface area contributed by atoms with Gasteiger partial charge in [-0.1, -0.05) is 11.6 Å². The molecule has 0 saturated heterocycles. The Hall–Kier alpha value is -2.06. The van der Waals surface area contributed by atoms with Crippen LogP contribution in [0.5, 0.6) is 0 Å². The van der Waals surface area contributed by atoms with Gasteiger partial charge in [0.05, 0.1) is 4.90 Å². The van der Waals surface area contributed by atoms with Gasteiger partial charge < -0.3 is 4.90 Å². The van der Waals surface area contributed by atoms with Crippen molar-refractivity contribution in [1.82, 2.24) is 9.62 Å². The third-order valence-electron chi connectivity index (χ3n) is 3.02. The van der Waals surface area contributed by atoms with Crippen molar-refractivity contribution >= 4 is 21.6 Å². The summed E-state index contributed by atoms with van der Waals surface area (Å²) >= 11 is 5.72. The van der Waals surface area contributed by atoms with Crippen LogP contribution in [0.15, 0.2) is 40.4 Å². The molecule has 22 heavy (non-hydrogen) atoms. The molecule has 0 atom stereocenters. The second kappa shape index (κ2) is 7.81. The quantitative estimate of drug-likeness (QED) is 0.798. The van der Waals surface area contributed by atoms with Crippen LogP contribution >= 0.6 is 11.6 Å². The molecule has 8 heteroatoms. The normalized spacial score (nSPS) is 10.4. The van der Waals surface area contributed by atoms with Gasteiger partial charge in [-0.05, 0) is 31.2 Å². The minimum atomic E-state index is -3.61. The van der Waals surface area contributed by atoms with E-state index in [0.29, 0.717) is 17.3 Å². The first-order valence-electron chi connectivity index (χ1n) is 6.29. The SMILES string of the molecule is CC(=C(C#N)C#N)N(C)CCNS(=O)(=O)c1ccc(Cl)cc1. The van der Waals surface area contributed by atoms with E-state index in [1.165, 1.54) is 24.3 Å². The number of nitrogens with zero attached hydrogens (tertiary/aromatic N) is 3. The van der Waals surface area contributed by atoms with Crippen LogP contribution in [0.3, 0.4) is 0 Å². The first-order chi connectivity index (χ1) is 10.3. The fourth-order valence-corrected chi connectivity index (χ4v) is 2.74. The number of likely N-dealkylation sites (N-methyl/N-ethyl adjacent to an activating group) is 1. The molecule has 1 rings (SSSR count). The Morgan fingerprint density at radius 1 is 1.27 bits per heavy atom. The lowest BCUT2D eigenvalue weighted by Crippen LogP contribution is -2.32. The zero-order chi connectivity index (χ0) is 16.8. The zero-order valence-electron chi connectivity index (χ0n) is 12.2. The van der Waals surface area contributed by atoms with E-state index in [4.69, 9.17) is 22.1 Å².